The highest BCUT2D eigenvalue weighted by Gasteiger charge is 2.28. The fourth-order valence-electron chi connectivity index (χ4n) is 1.76. The van der Waals surface area contributed by atoms with Crippen molar-refractivity contribution < 1.29 is 0 Å². The van der Waals surface area contributed by atoms with E-state index in [9.17, 15) is 0 Å². The Morgan fingerprint density at radius 3 is 3.31 bits per heavy atom. The van der Waals surface area contributed by atoms with Crippen molar-refractivity contribution in [2.75, 3.05) is 18.0 Å². The number of hydrogen-bond donors (Lipinski definition) is 0. The van der Waals surface area contributed by atoms with Gasteiger partial charge in [-0.2, -0.15) is 0 Å². The second-order valence-electron chi connectivity index (χ2n) is 3.39. The summed E-state index contributed by atoms with van der Waals surface area (Å²) in [7, 11) is 0. The summed E-state index contributed by atoms with van der Waals surface area (Å²) in [5.41, 5.74) is 2.67. The number of thioether (sulfide) groups is 1. The predicted octanol–water partition coefficient (Wildman–Crippen LogP) is 2.28. The van der Waals surface area contributed by atoms with Gasteiger partial charge in [0.25, 0.3) is 0 Å². The maximum absolute atomic E-state index is 4.45. The summed E-state index contributed by atoms with van der Waals surface area (Å²) in [5.74, 6) is 0. The van der Waals surface area contributed by atoms with E-state index in [1.807, 2.05) is 0 Å². The third-order valence-electron chi connectivity index (χ3n) is 2.41. The number of anilines is 1. The molecule has 2 nitrogen and oxygen atoms in total. The SMILES string of the molecule is Cc1ccc2c(c1)SC1=NCCN12. The van der Waals surface area contributed by atoms with Crippen molar-refractivity contribution in [1.82, 2.24) is 0 Å². The summed E-state index contributed by atoms with van der Waals surface area (Å²) in [6.45, 7) is 4.14. The molecule has 1 aromatic carbocycles. The standard InChI is InChI=1S/C10H10N2S/c1-7-2-3-8-9(6-7)13-10-11-4-5-12(8)10/h2-3,6H,4-5H2,1H3. The molecule has 0 fully saturated rings. The molecule has 0 N–H and O–H groups in total. The van der Waals surface area contributed by atoms with Gasteiger partial charge in [0.2, 0.25) is 0 Å². The molecular formula is C10H10N2S. The smallest absolute Gasteiger partial charge is 0.168 e. The maximum atomic E-state index is 4.45. The number of benzene rings is 1. The van der Waals surface area contributed by atoms with Crippen LogP contribution >= 0.6 is 11.8 Å². The van der Waals surface area contributed by atoms with Gasteiger partial charge in [-0.05, 0) is 36.4 Å². The molecule has 1 aromatic rings. The molecule has 0 amide bonds. The second-order valence-corrected chi connectivity index (χ2v) is 4.40. The number of fused-ring (bicyclic) bond motifs is 3. The summed E-state index contributed by atoms with van der Waals surface area (Å²) in [4.78, 5) is 8.11. The molecular weight excluding hydrogens is 180 g/mol. The van der Waals surface area contributed by atoms with E-state index in [2.05, 4.69) is 35.0 Å². The normalized spacial score (nSPS) is 18.5. The molecule has 13 heavy (non-hydrogen) atoms. The molecule has 0 atom stereocenters. The summed E-state index contributed by atoms with van der Waals surface area (Å²) >= 11 is 1.80. The van der Waals surface area contributed by atoms with Gasteiger partial charge < -0.3 is 4.90 Å². The minimum absolute atomic E-state index is 0.954. The Bertz CT molecular complexity index is 398. The van der Waals surface area contributed by atoms with Crippen LogP contribution in [-0.2, 0) is 0 Å². The van der Waals surface area contributed by atoms with Gasteiger partial charge in [-0.15, -0.1) is 0 Å². The number of rotatable bonds is 0. The van der Waals surface area contributed by atoms with Crippen LogP contribution in [0.1, 0.15) is 5.56 Å². The Balaban J connectivity index is 2.14. The average Bonchev–Trinajstić information content (AvgIpc) is 2.62. The number of hydrogen-bond acceptors (Lipinski definition) is 3. The van der Waals surface area contributed by atoms with Gasteiger partial charge in [-0.25, -0.2) is 0 Å². The highest BCUT2D eigenvalue weighted by atomic mass is 32.2. The van der Waals surface area contributed by atoms with E-state index in [0.717, 1.165) is 13.1 Å². The van der Waals surface area contributed by atoms with Crippen molar-refractivity contribution in [3.05, 3.63) is 23.8 Å². The zero-order valence-electron chi connectivity index (χ0n) is 7.45. The van der Waals surface area contributed by atoms with E-state index in [4.69, 9.17) is 0 Å². The quantitative estimate of drug-likeness (QED) is 0.623. The van der Waals surface area contributed by atoms with Crippen molar-refractivity contribution in [3.63, 3.8) is 0 Å². The molecule has 2 heterocycles. The van der Waals surface area contributed by atoms with Gasteiger partial charge in [-0.3, -0.25) is 4.99 Å². The third-order valence-corrected chi connectivity index (χ3v) is 3.49. The van der Waals surface area contributed by atoms with Crippen LogP contribution in [0.25, 0.3) is 0 Å². The lowest BCUT2D eigenvalue weighted by molar-refractivity contribution is 1.01. The van der Waals surface area contributed by atoms with E-state index >= 15 is 0 Å². The lowest BCUT2D eigenvalue weighted by Gasteiger charge is -2.11. The lowest BCUT2D eigenvalue weighted by atomic mass is 10.2. The molecule has 0 aromatic heterocycles. The van der Waals surface area contributed by atoms with Gasteiger partial charge in [-0.1, -0.05) is 6.07 Å². The topological polar surface area (TPSA) is 15.6 Å². The third kappa shape index (κ3) is 1.000. The second kappa shape index (κ2) is 2.51. The highest BCUT2D eigenvalue weighted by molar-refractivity contribution is 8.14. The van der Waals surface area contributed by atoms with E-state index in [0.29, 0.717) is 0 Å². The molecule has 0 saturated heterocycles. The summed E-state index contributed by atoms with van der Waals surface area (Å²) < 4.78 is 0. The molecule has 0 unspecified atom stereocenters. The zero-order valence-corrected chi connectivity index (χ0v) is 8.27. The molecule has 0 radical (unpaired) electrons. The Kier molecular flexibility index (Phi) is 1.44. The van der Waals surface area contributed by atoms with Crippen molar-refractivity contribution >= 4 is 22.6 Å². The van der Waals surface area contributed by atoms with Crippen molar-refractivity contribution in [1.29, 1.82) is 0 Å². The molecule has 0 saturated carbocycles. The first kappa shape index (κ1) is 7.44. The molecule has 2 aliphatic heterocycles. The van der Waals surface area contributed by atoms with Gasteiger partial charge >= 0.3 is 0 Å². The van der Waals surface area contributed by atoms with Gasteiger partial charge in [0, 0.05) is 11.4 Å². The first-order valence-corrected chi connectivity index (χ1v) is 5.27. The first-order valence-electron chi connectivity index (χ1n) is 4.45. The minimum Gasteiger partial charge on any atom is -0.318 e. The van der Waals surface area contributed by atoms with Crippen LogP contribution in [0.5, 0.6) is 0 Å². The van der Waals surface area contributed by atoms with Crippen LogP contribution in [0.2, 0.25) is 0 Å². The number of aryl methyl sites for hydroxylation is 1. The summed E-state index contributed by atoms with van der Waals surface area (Å²) in [6.07, 6.45) is 0. The van der Waals surface area contributed by atoms with Crippen LogP contribution in [0.15, 0.2) is 28.1 Å². The van der Waals surface area contributed by atoms with E-state index < -0.39 is 0 Å². The Morgan fingerprint density at radius 1 is 1.46 bits per heavy atom. The fourth-order valence-corrected chi connectivity index (χ4v) is 2.94. The largest absolute Gasteiger partial charge is 0.318 e. The van der Waals surface area contributed by atoms with E-state index in [1.165, 1.54) is 21.3 Å². The van der Waals surface area contributed by atoms with Gasteiger partial charge in [0.1, 0.15) is 0 Å². The molecule has 0 spiro atoms. The Hall–Kier alpha value is -0.960. The first-order chi connectivity index (χ1) is 6.34. The summed E-state index contributed by atoms with van der Waals surface area (Å²) in [6, 6.07) is 6.60. The average molecular weight is 190 g/mol. The van der Waals surface area contributed by atoms with Crippen LogP contribution in [-0.4, -0.2) is 18.3 Å². The predicted molar refractivity (Wildman–Crippen MR) is 56.7 cm³/mol. The monoisotopic (exact) mass is 190 g/mol. The molecule has 3 rings (SSSR count). The van der Waals surface area contributed by atoms with Crippen LogP contribution in [0.3, 0.4) is 0 Å². The van der Waals surface area contributed by atoms with Crippen LogP contribution in [0, 0.1) is 6.92 Å². The molecule has 3 heteroatoms. The van der Waals surface area contributed by atoms with Crippen molar-refractivity contribution in [3.8, 4) is 0 Å². The number of amidine groups is 1. The highest BCUT2D eigenvalue weighted by Crippen LogP contribution is 2.41. The van der Waals surface area contributed by atoms with Gasteiger partial charge in [0.15, 0.2) is 5.17 Å². The minimum atomic E-state index is 0.954. The number of nitrogens with zero attached hydrogens (tertiary/aromatic N) is 2. The molecule has 0 aliphatic carbocycles. The molecule has 2 aliphatic rings. The number of aliphatic imine (C=N–C) groups is 1. The molecule has 0 bridgehead atoms. The van der Waals surface area contributed by atoms with Crippen LogP contribution in [0.4, 0.5) is 5.69 Å². The lowest BCUT2D eigenvalue weighted by Crippen LogP contribution is -2.20. The van der Waals surface area contributed by atoms with E-state index in [1.54, 1.807) is 11.8 Å². The van der Waals surface area contributed by atoms with Crippen molar-refractivity contribution in [2.24, 2.45) is 4.99 Å². The van der Waals surface area contributed by atoms with Crippen molar-refractivity contribution in [2.45, 2.75) is 11.8 Å². The maximum Gasteiger partial charge on any atom is 0.168 e. The van der Waals surface area contributed by atoms with Crippen LogP contribution < -0.4 is 4.90 Å². The Morgan fingerprint density at radius 2 is 2.38 bits per heavy atom. The summed E-state index contributed by atoms with van der Waals surface area (Å²) in [5, 5.41) is 1.18. The van der Waals surface area contributed by atoms with E-state index in [-0.39, 0.29) is 0 Å². The van der Waals surface area contributed by atoms with Gasteiger partial charge in [0.05, 0.1) is 12.2 Å². The Labute approximate surface area is 81.7 Å². The zero-order chi connectivity index (χ0) is 8.84. The fraction of sp³-hybridized carbons (Fsp3) is 0.300. The molecule has 66 valence electrons.